The van der Waals surface area contributed by atoms with Gasteiger partial charge in [-0.3, -0.25) is 9.59 Å². The number of nitrogens with zero attached hydrogens (tertiary/aromatic N) is 2. The van der Waals surface area contributed by atoms with Crippen LogP contribution in [0.5, 0.6) is 5.75 Å². The number of carbonyl (C=O) groups excluding carboxylic acids is 2. The van der Waals surface area contributed by atoms with Gasteiger partial charge in [-0.2, -0.15) is 4.31 Å². The van der Waals surface area contributed by atoms with Crippen LogP contribution in [0.4, 0.5) is 11.4 Å². The van der Waals surface area contributed by atoms with Crippen LogP contribution in [0.3, 0.4) is 0 Å². The Morgan fingerprint density at radius 2 is 1.69 bits per heavy atom. The summed E-state index contributed by atoms with van der Waals surface area (Å²) in [6.07, 6.45) is 4.08. The molecule has 2 fully saturated rings. The summed E-state index contributed by atoms with van der Waals surface area (Å²) in [4.78, 5) is 26.7. The largest absolute Gasteiger partial charge is 0.496 e. The lowest BCUT2D eigenvalue weighted by Crippen LogP contribution is -2.35. The summed E-state index contributed by atoms with van der Waals surface area (Å²) in [5.74, 6) is -0.0832. The molecule has 32 heavy (non-hydrogen) atoms. The van der Waals surface area contributed by atoms with Gasteiger partial charge in [-0.25, -0.2) is 8.42 Å². The highest BCUT2D eigenvalue weighted by Gasteiger charge is 2.28. The molecule has 2 aliphatic heterocycles. The fourth-order valence-electron chi connectivity index (χ4n) is 4.12. The number of carbonyl (C=O) groups is 2. The molecule has 2 saturated heterocycles. The molecule has 8 nitrogen and oxygen atoms in total. The summed E-state index contributed by atoms with van der Waals surface area (Å²) >= 11 is 0. The van der Waals surface area contributed by atoms with Crippen molar-refractivity contribution in [1.82, 2.24) is 4.31 Å². The van der Waals surface area contributed by atoms with Crippen LogP contribution >= 0.6 is 0 Å². The smallest absolute Gasteiger partial charge is 0.259 e. The fourth-order valence-corrected chi connectivity index (χ4v) is 5.67. The zero-order valence-corrected chi connectivity index (χ0v) is 18.9. The Labute approximate surface area is 188 Å². The van der Waals surface area contributed by atoms with E-state index in [-0.39, 0.29) is 16.4 Å². The third-order valence-electron chi connectivity index (χ3n) is 5.88. The zero-order valence-electron chi connectivity index (χ0n) is 18.0. The summed E-state index contributed by atoms with van der Waals surface area (Å²) < 4.78 is 32.8. The molecule has 0 bridgehead atoms. The first-order chi connectivity index (χ1) is 15.4. The van der Waals surface area contributed by atoms with Crippen LogP contribution in [0, 0.1) is 0 Å². The quantitative estimate of drug-likeness (QED) is 0.718. The first-order valence-electron chi connectivity index (χ1n) is 10.8. The number of amides is 2. The number of sulfonamides is 1. The Morgan fingerprint density at radius 1 is 0.969 bits per heavy atom. The maximum Gasteiger partial charge on any atom is 0.259 e. The first kappa shape index (κ1) is 22.3. The van der Waals surface area contributed by atoms with E-state index in [2.05, 4.69) is 5.32 Å². The lowest BCUT2D eigenvalue weighted by Gasteiger charge is -2.26. The third-order valence-corrected chi connectivity index (χ3v) is 7.77. The van der Waals surface area contributed by atoms with E-state index < -0.39 is 15.9 Å². The van der Waals surface area contributed by atoms with Crippen molar-refractivity contribution in [3.8, 4) is 5.75 Å². The standard InChI is InChI=1S/C23H27N3O5S/c1-31-21-12-11-19(32(29,30)25-13-3-2-4-14-25)16-20(21)23(28)24-17-7-9-18(10-8-17)26-15-5-6-22(26)27/h7-12,16H,2-6,13-15H2,1H3,(H,24,28). The van der Waals surface area contributed by atoms with Gasteiger partial charge in [-0.1, -0.05) is 6.42 Å². The van der Waals surface area contributed by atoms with Crippen LogP contribution in [-0.4, -0.2) is 51.3 Å². The number of piperidine rings is 1. The summed E-state index contributed by atoms with van der Waals surface area (Å²) in [5.41, 5.74) is 1.47. The van der Waals surface area contributed by atoms with Crippen molar-refractivity contribution >= 4 is 33.2 Å². The van der Waals surface area contributed by atoms with Crippen LogP contribution in [0.1, 0.15) is 42.5 Å². The Morgan fingerprint density at radius 3 is 2.31 bits per heavy atom. The maximum absolute atomic E-state index is 13.0. The van der Waals surface area contributed by atoms with Crippen LogP contribution in [0.25, 0.3) is 0 Å². The lowest BCUT2D eigenvalue weighted by molar-refractivity contribution is -0.117. The van der Waals surface area contributed by atoms with E-state index in [9.17, 15) is 18.0 Å². The van der Waals surface area contributed by atoms with Gasteiger partial charge in [0.25, 0.3) is 5.91 Å². The van der Waals surface area contributed by atoms with E-state index in [1.807, 2.05) is 0 Å². The van der Waals surface area contributed by atoms with E-state index in [4.69, 9.17) is 4.74 Å². The average Bonchev–Trinajstić information content (AvgIpc) is 3.25. The van der Waals surface area contributed by atoms with Crippen LogP contribution in [-0.2, 0) is 14.8 Å². The molecule has 1 N–H and O–H groups in total. The molecule has 0 atom stereocenters. The van der Waals surface area contributed by atoms with Crippen molar-refractivity contribution in [2.45, 2.75) is 37.0 Å². The molecular weight excluding hydrogens is 430 g/mol. The molecule has 2 aromatic rings. The van der Waals surface area contributed by atoms with Crippen LogP contribution < -0.4 is 15.0 Å². The van der Waals surface area contributed by atoms with Crippen molar-refractivity contribution in [3.05, 3.63) is 48.0 Å². The zero-order chi connectivity index (χ0) is 22.7. The van der Waals surface area contributed by atoms with Gasteiger partial charge in [0.2, 0.25) is 15.9 Å². The minimum atomic E-state index is -3.68. The summed E-state index contributed by atoms with van der Waals surface area (Å²) in [6.45, 7) is 1.67. The highest BCUT2D eigenvalue weighted by Crippen LogP contribution is 2.28. The number of hydrogen-bond acceptors (Lipinski definition) is 5. The number of benzene rings is 2. The van der Waals surface area contributed by atoms with Crippen LogP contribution in [0.15, 0.2) is 47.4 Å². The van der Waals surface area contributed by atoms with E-state index in [1.54, 1.807) is 29.2 Å². The molecule has 0 aromatic heterocycles. The van der Waals surface area contributed by atoms with Gasteiger partial charge in [0.1, 0.15) is 5.75 Å². The van der Waals surface area contributed by atoms with E-state index in [1.165, 1.54) is 29.6 Å². The molecule has 2 amide bonds. The van der Waals surface area contributed by atoms with Crippen molar-refractivity contribution in [3.63, 3.8) is 0 Å². The summed E-state index contributed by atoms with van der Waals surface area (Å²) in [6, 6.07) is 11.4. The minimum Gasteiger partial charge on any atom is -0.496 e. The SMILES string of the molecule is COc1ccc(S(=O)(=O)N2CCCCC2)cc1C(=O)Nc1ccc(N2CCCC2=O)cc1. The second kappa shape index (κ2) is 9.30. The second-order valence-electron chi connectivity index (χ2n) is 7.98. The molecule has 0 saturated carbocycles. The molecule has 0 spiro atoms. The van der Waals surface area contributed by atoms with E-state index >= 15 is 0 Å². The highest BCUT2D eigenvalue weighted by atomic mass is 32.2. The highest BCUT2D eigenvalue weighted by molar-refractivity contribution is 7.89. The third kappa shape index (κ3) is 4.49. The van der Waals surface area contributed by atoms with Gasteiger partial charge in [-0.05, 0) is 61.7 Å². The molecule has 2 aliphatic rings. The van der Waals surface area contributed by atoms with Crippen molar-refractivity contribution in [2.75, 3.05) is 37.0 Å². The van der Waals surface area contributed by atoms with Crippen LogP contribution in [0.2, 0.25) is 0 Å². The lowest BCUT2D eigenvalue weighted by atomic mass is 10.1. The van der Waals surface area contributed by atoms with Crippen molar-refractivity contribution in [2.24, 2.45) is 0 Å². The molecule has 2 heterocycles. The van der Waals surface area contributed by atoms with Crippen molar-refractivity contribution < 1.29 is 22.7 Å². The Kier molecular flexibility index (Phi) is 6.48. The number of rotatable bonds is 6. The maximum atomic E-state index is 13.0. The average molecular weight is 458 g/mol. The first-order valence-corrected chi connectivity index (χ1v) is 12.2. The van der Waals surface area contributed by atoms with E-state index in [0.29, 0.717) is 37.5 Å². The monoisotopic (exact) mass is 457 g/mol. The Hall–Kier alpha value is -2.91. The topological polar surface area (TPSA) is 96.0 Å². The normalized spacial score (nSPS) is 17.4. The van der Waals surface area contributed by atoms with Gasteiger partial charge in [-0.15, -0.1) is 0 Å². The molecule has 0 unspecified atom stereocenters. The molecule has 170 valence electrons. The molecular formula is C23H27N3O5S. The van der Waals surface area contributed by atoms with Gasteiger partial charge in [0, 0.05) is 37.4 Å². The number of ether oxygens (including phenoxy) is 1. The summed E-state index contributed by atoms with van der Waals surface area (Å²) in [5, 5.41) is 2.79. The van der Waals surface area contributed by atoms with E-state index in [0.717, 1.165) is 31.4 Å². The Balaban J connectivity index is 1.55. The fraction of sp³-hybridized carbons (Fsp3) is 0.391. The number of hydrogen-bond donors (Lipinski definition) is 1. The Bertz CT molecular complexity index is 1110. The minimum absolute atomic E-state index is 0.0771. The van der Waals surface area contributed by atoms with Gasteiger partial charge < -0.3 is 15.0 Å². The van der Waals surface area contributed by atoms with Gasteiger partial charge in [0.15, 0.2) is 0 Å². The predicted molar refractivity (Wildman–Crippen MR) is 122 cm³/mol. The summed E-state index contributed by atoms with van der Waals surface area (Å²) in [7, 11) is -2.24. The molecule has 2 aromatic carbocycles. The van der Waals surface area contributed by atoms with Gasteiger partial charge >= 0.3 is 0 Å². The molecule has 4 rings (SSSR count). The molecule has 0 aliphatic carbocycles. The molecule has 0 radical (unpaired) electrons. The number of anilines is 2. The second-order valence-corrected chi connectivity index (χ2v) is 9.91. The number of nitrogens with one attached hydrogen (secondary N) is 1. The molecule has 9 heteroatoms. The van der Waals surface area contributed by atoms with Gasteiger partial charge in [0.05, 0.1) is 17.6 Å². The predicted octanol–water partition coefficient (Wildman–Crippen LogP) is 3.25. The number of methoxy groups -OCH3 is 1. The van der Waals surface area contributed by atoms with Crippen molar-refractivity contribution in [1.29, 1.82) is 0 Å².